The number of aromatic nitrogens is 3. The van der Waals surface area contributed by atoms with Crippen LogP contribution in [0.3, 0.4) is 0 Å². The third kappa shape index (κ3) is 5.77. The van der Waals surface area contributed by atoms with Gasteiger partial charge in [-0.2, -0.15) is 0 Å². The van der Waals surface area contributed by atoms with Crippen LogP contribution in [-0.2, 0) is 24.0 Å². The van der Waals surface area contributed by atoms with Crippen LogP contribution in [-0.4, -0.2) is 98.3 Å². The summed E-state index contributed by atoms with van der Waals surface area (Å²) in [5.41, 5.74) is 4.61. The highest BCUT2D eigenvalue weighted by molar-refractivity contribution is 8.01. The minimum atomic E-state index is -1.78. The van der Waals surface area contributed by atoms with Gasteiger partial charge in [-0.3, -0.25) is 14.5 Å². The summed E-state index contributed by atoms with van der Waals surface area (Å²) < 4.78 is 0. The summed E-state index contributed by atoms with van der Waals surface area (Å²) in [5.74, 6) is -4.46. The molecular formula is C24H23N7O9S3. The van der Waals surface area contributed by atoms with E-state index >= 15 is 0 Å². The number of thioether (sulfide) groups is 2. The summed E-state index contributed by atoms with van der Waals surface area (Å²) in [4.78, 5) is 67.6. The number of thiazole rings is 1. The standard InChI is InChI=1S/C24H23N7O9S3/c1-24(2,21(38)39)40-30-14(11-7-42-22(25)26-11)17(34)29-15-18(35)31-16(20(36)37)8(5-41-19(15)31)6-43-23-27-9-3-12(32)13(33)4-10(9)28-23/h3-4,7,15,19,32-33H,5-6H2,1-2H3,(H2,25,26)(H,27,28)(H,29,34)(H,36,37)(H,38,39)/t15-,19+/m1/s1. The van der Waals surface area contributed by atoms with Crippen molar-refractivity contribution in [2.75, 3.05) is 17.2 Å². The van der Waals surface area contributed by atoms with Crippen molar-refractivity contribution in [1.29, 1.82) is 0 Å². The number of carbonyl (C=O) groups excluding carboxylic acids is 2. The first kappa shape index (κ1) is 30.0. The van der Waals surface area contributed by atoms with Gasteiger partial charge in [0.1, 0.15) is 22.8 Å². The lowest BCUT2D eigenvalue weighted by molar-refractivity contribution is -0.161. The maximum absolute atomic E-state index is 13.2. The number of β-lactam (4-membered cyclic amide) rings is 1. The number of carboxylic acids is 2. The van der Waals surface area contributed by atoms with E-state index in [9.17, 15) is 39.6 Å². The number of oxime groups is 1. The Morgan fingerprint density at radius 1 is 1.26 bits per heavy atom. The number of anilines is 1. The molecule has 2 aromatic heterocycles. The number of benzene rings is 1. The summed E-state index contributed by atoms with van der Waals surface area (Å²) in [6, 6.07) is 1.50. The molecule has 0 radical (unpaired) electrons. The molecule has 2 atom stereocenters. The van der Waals surface area contributed by atoms with E-state index < -0.39 is 46.5 Å². The average Bonchev–Trinajstić information content (AvgIpc) is 3.55. The van der Waals surface area contributed by atoms with Crippen molar-refractivity contribution in [1.82, 2.24) is 25.2 Å². The van der Waals surface area contributed by atoms with Crippen molar-refractivity contribution in [3.05, 3.63) is 34.5 Å². The van der Waals surface area contributed by atoms with Crippen molar-refractivity contribution >= 4 is 80.5 Å². The van der Waals surface area contributed by atoms with E-state index in [4.69, 9.17) is 10.6 Å². The average molecular weight is 650 g/mol. The predicted molar refractivity (Wildman–Crippen MR) is 156 cm³/mol. The second-order valence-electron chi connectivity index (χ2n) is 9.72. The lowest BCUT2D eigenvalue weighted by atomic mass is 10.0. The molecular weight excluding hydrogens is 627 g/mol. The van der Waals surface area contributed by atoms with Gasteiger partial charge >= 0.3 is 11.9 Å². The Morgan fingerprint density at radius 2 is 1.98 bits per heavy atom. The van der Waals surface area contributed by atoms with Crippen LogP contribution >= 0.6 is 34.9 Å². The molecule has 43 heavy (non-hydrogen) atoms. The third-order valence-electron chi connectivity index (χ3n) is 6.34. The number of aliphatic carboxylic acids is 2. The lowest BCUT2D eigenvalue weighted by Gasteiger charge is -2.49. The van der Waals surface area contributed by atoms with Crippen LogP contribution in [0.15, 0.2) is 39.1 Å². The molecule has 5 rings (SSSR count). The molecule has 1 saturated heterocycles. The van der Waals surface area contributed by atoms with Crippen LogP contribution < -0.4 is 11.1 Å². The largest absolute Gasteiger partial charge is 0.504 e. The first-order valence-electron chi connectivity index (χ1n) is 12.2. The number of rotatable bonds is 10. The number of phenols is 2. The number of carbonyl (C=O) groups is 4. The Kier molecular flexibility index (Phi) is 7.88. The second-order valence-corrected chi connectivity index (χ2v) is 12.7. The highest BCUT2D eigenvalue weighted by Gasteiger charge is 2.54. The zero-order valence-corrected chi connectivity index (χ0v) is 24.7. The van der Waals surface area contributed by atoms with Gasteiger partial charge in [-0.25, -0.2) is 19.6 Å². The first-order chi connectivity index (χ1) is 20.3. The van der Waals surface area contributed by atoms with Crippen LogP contribution in [0.4, 0.5) is 5.13 Å². The molecule has 226 valence electrons. The summed E-state index contributed by atoms with van der Waals surface area (Å²) in [6.45, 7) is 2.46. The molecule has 0 saturated carbocycles. The third-order valence-corrected chi connectivity index (χ3v) is 9.31. The fraction of sp³-hybridized carbons (Fsp3) is 0.292. The van der Waals surface area contributed by atoms with Crippen molar-refractivity contribution in [2.45, 2.75) is 36.0 Å². The summed E-state index contributed by atoms with van der Waals surface area (Å²) in [6.07, 6.45) is 0. The Bertz CT molecular complexity index is 1690. The Morgan fingerprint density at radius 3 is 2.63 bits per heavy atom. The van der Waals surface area contributed by atoms with Crippen molar-refractivity contribution in [2.24, 2.45) is 5.16 Å². The van der Waals surface area contributed by atoms with E-state index in [1.54, 1.807) is 0 Å². The zero-order chi connectivity index (χ0) is 31.2. The monoisotopic (exact) mass is 649 g/mol. The van der Waals surface area contributed by atoms with Gasteiger partial charge in [0.15, 0.2) is 27.5 Å². The number of aromatic amines is 1. The molecule has 1 fully saturated rings. The summed E-state index contributed by atoms with van der Waals surface area (Å²) in [7, 11) is 0. The van der Waals surface area contributed by atoms with Gasteiger partial charge < -0.3 is 41.3 Å². The highest BCUT2D eigenvalue weighted by atomic mass is 32.2. The van der Waals surface area contributed by atoms with Gasteiger partial charge in [0.25, 0.3) is 11.8 Å². The summed E-state index contributed by atoms with van der Waals surface area (Å²) >= 11 is 3.44. The maximum atomic E-state index is 13.2. The van der Waals surface area contributed by atoms with Crippen molar-refractivity contribution in [3.8, 4) is 11.5 Å². The number of nitrogens with two attached hydrogens (primary N) is 1. The van der Waals surface area contributed by atoms with Crippen LogP contribution in [0.1, 0.15) is 19.5 Å². The molecule has 4 heterocycles. The van der Waals surface area contributed by atoms with E-state index in [1.165, 1.54) is 54.9 Å². The molecule has 0 spiro atoms. The number of aromatic hydroxyl groups is 2. The Labute approximate surface area is 254 Å². The Balaban J connectivity index is 1.32. The zero-order valence-electron chi connectivity index (χ0n) is 22.2. The quantitative estimate of drug-likeness (QED) is 0.0534. The van der Waals surface area contributed by atoms with Gasteiger partial charge in [-0.05, 0) is 19.4 Å². The molecule has 0 unspecified atom stereocenters. The number of imidazole rings is 1. The van der Waals surface area contributed by atoms with Crippen LogP contribution in [0.5, 0.6) is 11.5 Å². The van der Waals surface area contributed by atoms with Gasteiger partial charge in [0.05, 0.1) is 11.0 Å². The topological polar surface area (TPSA) is 254 Å². The minimum absolute atomic E-state index is 0.00237. The molecule has 16 nitrogen and oxygen atoms in total. The SMILES string of the molecule is CC(C)(ON=C(C(=O)N[C@@H]1C(=O)N2C(C(=O)O)=C(CSc3nc4cc(O)c(O)cc4[nH]3)CS[C@@H]12)c1csc(N)n1)C(=O)O. The van der Waals surface area contributed by atoms with Gasteiger partial charge in [-0.15, -0.1) is 23.1 Å². The van der Waals surface area contributed by atoms with Gasteiger partial charge in [-0.1, -0.05) is 16.9 Å². The van der Waals surface area contributed by atoms with Crippen molar-refractivity contribution in [3.63, 3.8) is 0 Å². The number of fused-ring (bicyclic) bond motifs is 2. The smallest absolute Gasteiger partial charge is 0.352 e. The molecule has 2 amide bonds. The molecule has 19 heteroatoms. The molecule has 2 aliphatic heterocycles. The second kappa shape index (κ2) is 11.3. The molecule has 8 N–H and O–H groups in total. The van der Waals surface area contributed by atoms with Crippen molar-refractivity contribution < 1.29 is 44.4 Å². The van der Waals surface area contributed by atoms with E-state index in [0.717, 1.165) is 16.2 Å². The number of phenolic OH excluding ortho intramolecular Hbond substituents is 2. The predicted octanol–water partition coefficient (Wildman–Crippen LogP) is 1.13. The molecule has 1 aromatic carbocycles. The van der Waals surface area contributed by atoms with E-state index in [-0.39, 0.29) is 39.5 Å². The van der Waals surface area contributed by atoms with Crippen LogP contribution in [0.2, 0.25) is 0 Å². The lowest BCUT2D eigenvalue weighted by Crippen LogP contribution is -2.71. The van der Waals surface area contributed by atoms with E-state index in [1.807, 2.05) is 0 Å². The molecule has 0 aliphatic carbocycles. The molecule has 0 bridgehead atoms. The number of hydrogen-bond donors (Lipinski definition) is 7. The maximum Gasteiger partial charge on any atom is 0.352 e. The van der Waals surface area contributed by atoms with E-state index in [0.29, 0.717) is 21.8 Å². The number of hydrogen-bond acceptors (Lipinski definition) is 14. The highest BCUT2D eigenvalue weighted by Crippen LogP contribution is 2.42. The normalized spacial score (nSPS) is 18.8. The molecule has 3 aromatic rings. The minimum Gasteiger partial charge on any atom is -0.504 e. The fourth-order valence-electron chi connectivity index (χ4n) is 4.04. The fourth-order valence-corrected chi connectivity index (χ4v) is 6.96. The van der Waals surface area contributed by atoms with Gasteiger partial charge in [0, 0.05) is 29.0 Å². The number of nitrogens with one attached hydrogen (secondary N) is 2. The summed E-state index contributed by atoms with van der Waals surface area (Å²) in [5, 5.41) is 46.1. The number of H-pyrrole nitrogens is 1. The number of amides is 2. The number of carboxylic acid groups (broad SMARTS) is 2. The molecule has 2 aliphatic rings. The number of nitrogens with zero attached hydrogens (tertiary/aromatic N) is 4. The Hall–Kier alpha value is -4.49. The van der Waals surface area contributed by atoms with Crippen LogP contribution in [0, 0.1) is 0 Å². The van der Waals surface area contributed by atoms with Gasteiger partial charge in [0.2, 0.25) is 5.60 Å². The number of nitrogen functional groups attached to an aromatic ring is 1. The van der Waals surface area contributed by atoms with Crippen LogP contribution in [0.25, 0.3) is 11.0 Å². The first-order valence-corrected chi connectivity index (χ1v) is 15.1. The van der Waals surface area contributed by atoms with E-state index in [2.05, 4.69) is 25.4 Å².